The predicted molar refractivity (Wildman–Crippen MR) is 145 cm³/mol. The van der Waals surface area contributed by atoms with Crippen LogP contribution in [0.25, 0.3) is 16.6 Å². The van der Waals surface area contributed by atoms with Gasteiger partial charge in [-0.25, -0.2) is 4.79 Å². The van der Waals surface area contributed by atoms with Crippen molar-refractivity contribution in [3.8, 4) is 5.69 Å². The lowest BCUT2D eigenvalue weighted by Crippen LogP contribution is -2.27. The lowest BCUT2D eigenvalue weighted by molar-refractivity contribution is -0.137. The third-order valence-corrected chi connectivity index (χ3v) is 6.08. The molecule has 0 saturated carbocycles. The van der Waals surface area contributed by atoms with Gasteiger partial charge in [0.1, 0.15) is 0 Å². The van der Waals surface area contributed by atoms with Crippen molar-refractivity contribution >= 4 is 45.8 Å². The summed E-state index contributed by atoms with van der Waals surface area (Å²) in [5.41, 5.74) is 1.13. The molecule has 9 nitrogen and oxygen atoms in total. The van der Waals surface area contributed by atoms with Gasteiger partial charge in [0, 0.05) is 48.5 Å². The number of pyridine rings is 1. The number of halogens is 4. The second kappa shape index (κ2) is 12.8. The lowest BCUT2D eigenvalue weighted by Gasteiger charge is -2.12. The molecule has 2 aromatic carbocycles. The van der Waals surface area contributed by atoms with Crippen LogP contribution in [0, 0.1) is 0 Å². The number of benzene rings is 2. The number of nitrogens with zero attached hydrogens (tertiary/aromatic N) is 2. The Morgan fingerprint density at radius 1 is 1.00 bits per heavy atom. The van der Waals surface area contributed by atoms with Crippen LogP contribution in [0.15, 0.2) is 67.1 Å². The van der Waals surface area contributed by atoms with Crippen molar-refractivity contribution < 1.29 is 32.2 Å². The van der Waals surface area contributed by atoms with E-state index in [1.165, 1.54) is 6.07 Å². The second-order valence-electron chi connectivity index (χ2n) is 8.49. The molecular weight excluding hydrogens is 551 g/mol. The summed E-state index contributed by atoms with van der Waals surface area (Å²) in [6, 6.07) is 10.8. The monoisotopic (exact) mass is 575 g/mol. The molecule has 40 heavy (non-hydrogen) atoms. The summed E-state index contributed by atoms with van der Waals surface area (Å²) in [7, 11) is 1.58. The highest BCUT2D eigenvalue weighted by molar-refractivity contribution is 6.31. The van der Waals surface area contributed by atoms with Crippen molar-refractivity contribution in [2.24, 2.45) is 0 Å². The second-order valence-corrected chi connectivity index (χ2v) is 8.89. The molecule has 0 unspecified atom stereocenters. The van der Waals surface area contributed by atoms with Gasteiger partial charge in [0.15, 0.2) is 0 Å². The maximum Gasteiger partial charge on any atom is 0.417 e. The van der Waals surface area contributed by atoms with Crippen LogP contribution in [-0.4, -0.2) is 55.0 Å². The average molecular weight is 576 g/mol. The minimum atomic E-state index is -4.65. The van der Waals surface area contributed by atoms with Gasteiger partial charge in [-0.05, 0) is 48.5 Å². The van der Waals surface area contributed by atoms with E-state index >= 15 is 0 Å². The summed E-state index contributed by atoms with van der Waals surface area (Å²) in [5.74, 6) is -0.267. The van der Waals surface area contributed by atoms with Gasteiger partial charge in [0.25, 0.3) is 5.91 Å². The number of alkyl halides is 3. The zero-order valence-corrected chi connectivity index (χ0v) is 22.0. The van der Waals surface area contributed by atoms with Gasteiger partial charge in [0.05, 0.1) is 47.7 Å². The first kappa shape index (κ1) is 28.9. The van der Waals surface area contributed by atoms with Gasteiger partial charge in [-0.2, -0.15) is 13.2 Å². The van der Waals surface area contributed by atoms with Crippen LogP contribution in [-0.2, 0) is 15.7 Å². The minimum Gasteiger partial charge on any atom is -0.382 e. The zero-order valence-electron chi connectivity index (χ0n) is 21.2. The van der Waals surface area contributed by atoms with Crippen LogP contribution in [0.2, 0.25) is 5.02 Å². The number of methoxy groups -OCH3 is 1. The van der Waals surface area contributed by atoms with Crippen LogP contribution in [0.3, 0.4) is 0 Å². The van der Waals surface area contributed by atoms with Crippen molar-refractivity contribution in [3.05, 3.63) is 83.3 Å². The molecular formula is C27H25ClF3N5O4. The highest BCUT2D eigenvalue weighted by Crippen LogP contribution is 2.36. The molecule has 0 aliphatic heterocycles. The molecule has 0 aliphatic carbocycles. The van der Waals surface area contributed by atoms with Gasteiger partial charge in [-0.1, -0.05) is 11.6 Å². The highest BCUT2D eigenvalue weighted by atomic mass is 35.5. The fourth-order valence-electron chi connectivity index (χ4n) is 3.86. The van der Waals surface area contributed by atoms with E-state index in [4.69, 9.17) is 21.1 Å². The molecule has 0 spiro atoms. The van der Waals surface area contributed by atoms with Gasteiger partial charge in [0.2, 0.25) is 0 Å². The number of hydrogen-bond donors (Lipinski definition) is 3. The first-order chi connectivity index (χ1) is 19.2. The van der Waals surface area contributed by atoms with Gasteiger partial charge in [-0.3, -0.25) is 9.78 Å². The molecule has 3 amide bonds. The Balaban J connectivity index is 1.44. The molecule has 3 N–H and O–H groups in total. The SMILES string of the molecule is COCCOCCNC(=O)c1cn(-c2ccc(NC(=O)Nc3ccc(Cl)c(C(F)(F)F)c3)cc2)c2cnccc12. The number of carbonyl (C=O) groups excluding carboxylic acids is 2. The van der Waals surface area contributed by atoms with Crippen molar-refractivity contribution in [2.45, 2.75) is 6.18 Å². The van der Waals surface area contributed by atoms with Gasteiger partial charge >= 0.3 is 12.2 Å². The Morgan fingerprint density at radius 3 is 2.45 bits per heavy atom. The number of ether oxygens (including phenoxy) is 2. The number of nitrogens with one attached hydrogen (secondary N) is 3. The standard InChI is InChI=1S/C27H25ClF3N5O4/c1-39-12-13-40-11-10-33-25(37)21-16-36(24-15-32-9-8-20(21)24)19-5-2-17(3-6-19)34-26(38)35-18-4-7-23(28)22(14-18)27(29,30)31/h2-9,14-16H,10-13H2,1H3,(H,33,37)(H2,34,35,38). The number of hydrogen-bond acceptors (Lipinski definition) is 5. The first-order valence-electron chi connectivity index (χ1n) is 12.0. The van der Waals surface area contributed by atoms with Crippen LogP contribution >= 0.6 is 11.6 Å². The van der Waals surface area contributed by atoms with E-state index < -0.39 is 22.8 Å². The Labute approximate surface area is 232 Å². The fraction of sp³-hybridized carbons (Fsp3) is 0.222. The molecule has 0 atom stereocenters. The number of carbonyl (C=O) groups is 2. The van der Waals surface area contributed by atoms with Gasteiger partial charge < -0.3 is 30.0 Å². The van der Waals surface area contributed by atoms with Crippen LogP contribution < -0.4 is 16.0 Å². The number of fused-ring (bicyclic) bond motifs is 1. The third kappa shape index (κ3) is 7.08. The van der Waals surface area contributed by atoms with Crippen molar-refractivity contribution in [1.29, 1.82) is 0 Å². The largest absolute Gasteiger partial charge is 0.417 e. The van der Waals surface area contributed by atoms with Crippen molar-refractivity contribution in [1.82, 2.24) is 14.9 Å². The average Bonchev–Trinajstić information content (AvgIpc) is 3.31. The normalized spacial score (nSPS) is 11.4. The van der Waals surface area contributed by atoms with Crippen LogP contribution in [0.4, 0.5) is 29.3 Å². The summed E-state index contributed by atoms with van der Waals surface area (Å²) < 4.78 is 51.4. The van der Waals surface area contributed by atoms with Gasteiger partial charge in [-0.15, -0.1) is 0 Å². The zero-order chi connectivity index (χ0) is 28.7. The molecule has 0 bridgehead atoms. The summed E-state index contributed by atoms with van der Waals surface area (Å²) >= 11 is 5.63. The fourth-order valence-corrected chi connectivity index (χ4v) is 4.09. The number of anilines is 2. The van der Waals surface area contributed by atoms with Crippen LogP contribution in [0.5, 0.6) is 0 Å². The van der Waals surface area contributed by atoms with E-state index in [2.05, 4.69) is 20.9 Å². The summed E-state index contributed by atoms with van der Waals surface area (Å²) in [5, 5.41) is 8.02. The van der Waals surface area contributed by atoms with Crippen LogP contribution in [0.1, 0.15) is 15.9 Å². The number of urea groups is 1. The molecule has 0 fully saturated rings. The summed E-state index contributed by atoms with van der Waals surface area (Å²) in [6.07, 6.45) is 0.280. The molecule has 2 heterocycles. The highest BCUT2D eigenvalue weighted by Gasteiger charge is 2.33. The predicted octanol–water partition coefficient (Wildman–Crippen LogP) is 5.73. The van der Waals surface area contributed by atoms with E-state index in [1.807, 2.05) is 0 Å². The Morgan fingerprint density at radius 2 is 1.73 bits per heavy atom. The number of amides is 3. The molecule has 0 radical (unpaired) electrons. The molecule has 4 aromatic rings. The molecule has 0 saturated heterocycles. The topological polar surface area (TPSA) is 107 Å². The lowest BCUT2D eigenvalue weighted by atomic mass is 10.2. The van der Waals surface area contributed by atoms with E-state index in [1.54, 1.807) is 60.6 Å². The molecule has 0 aliphatic rings. The summed E-state index contributed by atoms with van der Waals surface area (Å²) in [6.45, 7) is 1.58. The van der Waals surface area contributed by atoms with Crippen molar-refractivity contribution in [2.75, 3.05) is 44.1 Å². The first-order valence-corrected chi connectivity index (χ1v) is 12.4. The maximum absolute atomic E-state index is 13.1. The van der Waals surface area contributed by atoms with E-state index in [0.29, 0.717) is 54.2 Å². The number of aromatic nitrogens is 2. The van der Waals surface area contributed by atoms with E-state index in [0.717, 1.165) is 12.1 Å². The quantitative estimate of drug-likeness (QED) is 0.209. The van der Waals surface area contributed by atoms with E-state index in [9.17, 15) is 22.8 Å². The molecule has 4 rings (SSSR count). The summed E-state index contributed by atoms with van der Waals surface area (Å²) in [4.78, 5) is 29.4. The Bertz CT molecular complexity index is 1490. The van der Waals surface area contributed by atoms with Crippen molar-refractivity contribution in [3.63, 3.8) is 0 Å². The van der Waals surface area contributed by atoms with E-state index in [-0.39, 0.29) is 11.6 Å². The third-order valence-electron chi connectivity index (χ3n) is 5.75. The Hall–Kier alpha value is -4.13. The molecule has 210 valence electrons. The Kier molecular flexibility index (Phi) is 9.25. The maximum atomic E-state index is 13.1. The number of rotatable bonds is 10. The minimum absolute atomic E-state index is 0.0653. The smallest absolute Gasteiger partial charge is 0.382 e. The molecule has 2 aromatic heterocycles. The molecule has 13 heteroatoms.